The van der Waals surface area contributed by atoms with E-state index in [-0.39, 0.29) is 16.9 Å². The Morgan fingerprint density at radius 2 is 1.91 bits per heavy atom. The van der Waals surface area contributed by atoms with Gasteiger partial charge in [0.2, 0.25) is 5.82 Å². The topological polar surface area (TPSA) is 104 Å². The van der Waals surface area contributed by atoms with E-state index in [9.17, 15) is 31.5 Å². The molecule has 172 valence electrons. The normalized spacial score (nSPS) is 23.1. The van der Waals surface area contributed by atoms with Crippen LogP contribution in [0.2, 0.25) is 0 Å². The number of nitrogens with one attached hydrogen (secondary N) is 1. The number of carbonyl (C=O) groups excluding carboxylic acids is 2. The molecule has 32 heavy (non-hydrogen) atoms. The third-order valence-corrected chi connectivity index (χ3v) is 5.17. The van der Waals surface area contributed by atoms with E-state index in [1.807, 2.05) is 0 Å². The SMILES string of the molecule is COc1c([C@@H]2[C@@H](C)[C@H](C(F)(F)F)O[C@H]2C(=O)Nc2ccnc(C(N)=O)c2)ccc(F)c1F. The summed E-state index contributed by atoms with van der Waals surface area (Å²) in [5.74, 6) is -7.83. The summed E-state index contributed by atoms with van der Waals surface area (Å²) in [6.45, 7) is 1.19. The van der Waals surface area contributed by atoms with Gasteiger partial charge in [0.15, 0.2) is 17.7 Å². The average Bonchev–Trinajstić information content (AvgIpc) is 3.07. The molecule has 2 amide bonds. The summed E-state index contributed by atoms with van der Waals surface area (Å²) in [5.41, 5.74) is 4.82. The van der Waals surface area contributed by atoms with E-state index in [0.717, 1.165) is 25.3 Å². The number of methoxy groups -OCH3 is 1. The first-order valence-corrected chi connectivity index (χ1v) is 9.26. The quantitative estimate of drug-likeness (QED) is 0.669. The number of primary amides is 1. The van der Waals surface area contributed by atoms with Gasteiger partial charge in [-0.15, -0.1) is 0 Å². The molecular formula is C20H18F5N3O4. The molecule has 1 aliphatic rings. The molecule has 0 unspecified atom stereocenters. The maximum atomic E-state index is 14.3. The second-order valence-corrected chi connectivity index (χ2v) is 7.17. The van der Waals surface area contributed by atoms with Gasteiger partial charge in [-0.25, -0.2) is 4.39 Å². The number of carbonyl (C=O) groups is 2. The van der Waals surface area contributed by atoms with Crippen LogP contribution in [0.3, 0.4) is 0 Å². The fourth-order valence-corrected chi connectivity index (χ4v) is 3.75. The maximum absolute atomic E-state index is 14.3. The van der Waals surface area contributed by atoms with Gasteiger partial charge < -0.3 is 20.5 Å². The summed E-state index contributed by atoms with van der Waals surface area (Å²) in [4.78, 5) is 27.9. The minimum absolute atomic E-state index is 0.0292. The number of amides is 2. The predicted molar refractivity (Wildman–Crippen MR) is 101 cm³/mol. The zero-order valence-corrected chi connectivity index (χ0v) is 16.7. The molecule has 2 aromatic rings. The third kappa shape index (κ3) is 4.35. The number of benzene rings is 1. The van der Waals surface area contributed by atoms with Crippen molar-refractivity contribution in [3.05, 3.63) is 53.4 Å². The standard InChI is InChI=1S/C20H18F5N3O4/c1-8-13(10-3-4-11(21)14(22)15(10)31-2)16(32-17(8)20(23,24)25)19(30)28-9-5-6-27-12(7-9)18(26)29/h3-8,13,16-17H,1-2H3,(H2,26,29)(H,27,28,30)/t8-,13+,16-,17-/m1/s1. The van der Waals surface area contributed by atoms with Crippen molar-refractivity contribution in [3.8, 4) is 5.75 Å². The lowest BCUT2D eigenvalue weighted by molar-refractivity contribution is -0.221. The largest absolute Gasteiger partial charge is 0.493 e. The number of hydrogen-bond donors (Lipinski definition) is 2. The molecule has 7 nitrogen and oxygen atoms in total. The number of anilines is 1. The molecule has 0 spiro atoms. The molecule has 1 fully saturated rings. The number of rotatable bonds is 5. The van der Waals surface area contributed by atoms with Crippen molar-refractivity contribution in [1.29, 1.82) is 0 Å². The van der Waals surface area contributed by atoms with Gasteiger partial charge in [0, 0.05) is 29.3 Å². The lowest BCUT2D eigenvalue weighted by Gasteiger charge is -2.24. The van der Waals surface area contributed by atoms with Crippen LogP contribution in [0, 0.1) is 17.6 Å². The van der Waals surface area contributed by atoms with Crippen molar-refractivity contribution in [3.63, 3.8) is 0 Å². The van der Waals surface area contributed by atoms with Crippen molar-refractivity contribution in [2.45, 2.75) is 31.2 Å². The molecule has 0 saturated carbocycles. The fraction of sp³-hybridized carbons (Fsp3) is 0.350. The fourth-order valence-electron chi connectivity index (χ4n) is 3.75. The number of ether oxygens (including phenoxy) is 2. The van der Waals surface area contributed by atoms with Crippen LogP contribution in [0.4, 0.5) is 27.6 Å². The lowest BCUT2D eigenvalue weighted by Crippen LogP contribution is -2.35. The van der Waals surface area contributed by atoms with Crippen molar-refractivity contribution in [2.75, 3.05) is 12.4 Å². The third-order valence-electron chi connectivity index (χ3n) is 5.17. The van der Waals surface area contributed by atoms with Gasteiger partial charge in [0.05, 0.1) is 7.11 Å². The smallest absolute Gasteiger partial charge is 0.414 e. The highest BCUT2D eigenvalue weighted by Gasteiger charge is 2.57. The highest BCUT2D eigenvalue weighted by atomic mass is 19.4. The van der Waals surface area contributed by atoms with E-state index in [1.54, 1.807) is 0 Å². The van der Waals surface area contributed by atoms with Crippen LogP contribution in [-0.4, -0.2) is 42.3 Å². The molecule has 1 aliphatic heterocycles. The van der Waals surface area contributed by atoms with Crippen LogP contribution in [0.5, 0.6) is 5.75 Å². The van der Waals surface area contributed by atoms with E-state index in [2.05, 4.69) is 10.3 Å². The van der Waals surface area contributed by atoms with Crippen molar-refractivity contribution >= 4 is 17.5 Å². The molecule has 1 aromatic carbocycles. The number of nitrogens with zero attached hydrogens (tertiary/aromatic N) is 1. The van der Waals surface area contributed by atoms with Gasteiger partial charge in [-0.1, -0.05) is 13.0 Å². The van der Waals surface area contributed by atoms with Gasteiger partial charge >= 0.3 is 6.18 Å². The summed E-state index contributed by atoms with van der Waals surface area (Å²) in [7, 11) is 1.03. The highest BCUT2D eigenvalue weighted by molar-refractivity contribution is 5.97. The van der Waals surface area contributed by atoms with Crippen molar-refractivity contribution in [1.82, 2.24) is 4.98 Å². The van der Waals surface area contributed by atoms with Crippen LogP contribution < -0.4 is 15.8 Å². The van der Waals surface area contributed by atoms with Crippen LogP contribution >= 0.6 is 0 Å². The molecule has 1 aromatic heterocycles. The summed E-state index contributed by atoms with van der Waals surface area (Å²) in [6.07, 6.45) is -7.74. The molecule has 4 atom stereocenters. The highest BCUT2D eigenvalue weighted by Crippen LogP contribution is 2.49. The Hall–Kier alpha value is -3.28. The second-order valence-electron chi connectivity index (χ2n) is 7.17. The minimum atomic E-state index is -4.83. The number of pyridine rings is 1. The Labute approximate surface area is 178 Å². The zero-order valence-electron chi connectivity index (χ0n) is 16.7. The summed E-state index contributed by atoms with van der Waals surface area (Å²) in [5, 5.41) is 2.35. The number of halogens is 5. The van der Waals surface area contributed by atoms with Gasteiger partial charge in [0.25, 0.3) is 11.8 Å². The second kappa shape index (κ2) is 8.69. The van der Waals surface area contributed by atoms with E-state index < -0.39 is 59.4 Å². The zero-order chi connectivity index (χ0) is 23.8. The Morgan fingerprint density at radius 1 is 1.22 bits per heavy atom. The summed E-state index contributed by atoms with van der Waals surface area (Å²) >= 11 is 0. The number of aromatic nitrogens is 1. The molecule has 2 heterocycles. The molecule has 1 saturated heterocycles. The van der Waals surface area contributed by atoms with Crippen molar-refractivity contribution < 1.29 is 41.0 Å². The van der Waals surface area contributed by atoms with Crippen LogP contribution in [-0.2, 0) is 9.53 Å². The Balaban J connectivity index is 2.02. The molecule has 0 bridgehead atoms. The van der Waals surface area contributed by atoms with Gasteiger partial charge in [-0.3, -0.25) is 14.6 Å². The van der Waals surface area contributed by atoms with E-state index in [0.29, 0.717) is 0 Å². The van der Waals surface area contributed by atoms with Crippen LogP contribution in [0.15, 0.2) is 30.5 Å². The number of nitrogens with two attached hydrogens (primary N) is 1. The van der Waals surface area contributed by atoms with Gasteiger partial charge in [0.1, 0.15) is 11.8 Å². The lowest BCUT2D eigenvalue weighted by atomic mass is 9.81. The van der Waals surface area contributed by atoms with E-state index in [4.69, 9.17) is 15.2 Å². The van der Waals surface area contributed by atoms with Crippen molar-refractivity contribution in [2.24, 2.45) is 11.7 Å². The number of alkyl halides is 3. The molecule has 3 rings (SSSR count). The molecule has 0 aliphatic carbocycles. The predicted octanol–water partition coefficient (Wildman–Crippen LogP) is 3.16. The monoisotopic (exact) mass is 459 g/mol. The van der Waals surface area contributed by atoms with E-state index in [1.165, 1.54) is 19.2 Å². The summed E-state index contributed by atoms with van der Waals surface area (Å²) in [6, 6.07) is 4.21. The first-order valence-electron chi connectivity index (χ1n) is 9.26. The summed E-state index contributed by atoms with van der Waals surface area (Å²) < 4.78 is 78.5. The molecule has 0 radical (unpaired) electrons. The Morgan fingerprint density at radius 3 is 2.50 bits per heavy atom. The molecular weight excluding hydrogens is 441 g/mol. The van der Waals surface area contributed by atoms with Gasteiger partial charge in [-0.05, 0) is 18.2 Å². The maximum Gasteiger partial charge on any atom is 0.414 e. The molecule has 12 heteroatoms. The first-order chi connectivity index (χ1) is 15.0. The average molecular weight is 459 g/mol. The van der Waals surface area contributed by atoms with Crippen LogP contribution in [0.1, 0.15) is 28.9 Å². The van der Waals surface area contributed by atoms with Crippen LogP contribution in [0.25, 0.3) is 0 Å². The first kappa shape index (κ1) is 23.4. The minimum Gasteiger partial charge on any atom is -0.493 e. The van der Waals surface area contributed by atoms with Gasteiger partial charge in [-0.2, -0.15) is 17.6 Å². The number of hydrogen-bond acceptors (Lipinski definition) is 5. The molecule has 3 N–H and O–H groups in total. The Bertz CT molecular complexity index is 1050. The Kier molecular flexibility index (Phi) is 6.35. The van der Waals surface area contributed by atoms with E-state index >= 15 is 0 Å².